The third-order valence-electron chi connectivity index (χ3n) is 3.02. The van der Waals surface area contributed by atoms with Crippen molar-refractivity contribution in [2.24, 2.45) is 0 Å². The number of ether oxygens (including phenoxy) is 2. The second kappa shape index (κ2) is 7.13. The van der Waals surface area contributed by atoms with Gasteiger partial charge in [-0.1, -0.05) is 30.3 Å². The average Bonchev–Trinajstić information content (AvgIpc) is 2.46. The summed E-state index contributed by atoms with van der Waals surface area (Å²) in [6.45, 7) is 6.19. The van der Waals surface area contributed by atoms with Crippen LogP contribution in [0.2, 0.25) is 0 Å². The third-order valence-corrected chi connectivity index (χ3v) is 3.02. The minimum absolute atomic E-state index is 0.382. The number of carbonyl (C=O) groups excluding carboxylic acids is 2. The van der Waals surface area contributed by atoms with Gasteiger partial charge in [-0.25, -0.2) is 9.59 Å². The van der Waals surface area contributed by atoms with Crippen LogP contribution in [-0.4, -0.2) is 29.2 Å². The van der Waals surface area contributed by atoms with Crippen molar-refractivity contribution in [1.82, 2.24) is 4.90 Å². The standard InChI is InChI=1S/C18H21NO4/c1-18(2,3)23-17(21)22-16(20)15-10-7-11-19(13-15)12-14-8-5-4-6-9-14/h4-11H,12-13H2,1-3H3. The molecule has 1 aliphatic heterocycles. The van der Waals surface area contributed by atoms with E-state index in [1.165, 1.54) is 0 Å². The lowest BCUT2D eigenvalue weighted by Crippen LogP contribution is -2.30. The molecular weight excluding hydrogens is 294 g/mol. The topological polar surface area (TPSA) is 55.8 Å². The van der Waals surface area contributed by atoms with Gasteiger partial charge in [-0.05, 0) is 44.7 Å². The van der Waals surface area contributed by atoms with Crippen LogP contribution in [0, 0.1) is 0 Å². The molecule has 0 radical (unpaired) electrons. The number of hydrogen-bond donors (Lipinski definition) is 0. The zero-order valence-electron chi connectivity index (χ0n) is 13.6. The normalized spacial score (nSPS) is 14.2. The van der Waals surface area contributed by atoms with Gasteiger partial charge in [-0.3, -0.25) is 0 Å². The summed E-state index contributed by atoms with van der Waals surface area (Å²) in [4.78, 5) is 25.6. The van der Waals surface area contributed by atoms with Crippen molar-refractivity contribution >= 4 is 12.1 Å². The molecular formula is C18H21NO4. The maximum Gasteiger partial charge on any atom is 0.516 e. The molecule has 23 heavy (non-hydrogen) atoms. The molecule has 5 nitrogen and oxygen atoms in total. The summed E-state index contributed by atoms with van der Waals surface area (Å²) in [6.07, 6.45) is 4.33. The molecule has 122 valence electrons. The molecule has 1 aliphatic rings. The maximum atomic E-state index is 12.0. The molecule has 1 heterocycles. The van der Waals surface area contributed by atoms with Crippen molar-refractivity contribution < 1.29 is 19.1 Å². The van der Waals surface area contributed by atoms with Crippen LogP contribution in [0.5, 0.6) is 0 Å². The van der Waals surface area contributed by atoms with Gasteiger partial charge >= 0.3 is 12.1 Å². The molecule has 0 spiro atoms. The lowest BCUT2D eigenvalue weighted by Gasteiger charge is -2.24. The summed E-state index contributed by atoms with van der Waals surface area (Å²) >= 11 is 0. The number of allylic oxidation sites excluding steroid dienone is 2. The van der Waals surface area contributed by atoms with E-state index in [4.69, 9.17) is 9.47 Å². The fourth-order valence-electron chi connectivity index (χ4n) is 2.08. The minimum atomic E-state index is -0.979. The first-order chi connectivity index (χ1) is 10.8. The van der Waals surface area contributed by atoms with Gasteiger partial charge < -0.3 is 14.4 Å². The largest absolute Gasteiger partial charge is 0.516 e. The number of carbonyl (C=O) groups is 2. The molecule has 2 rings (SSSR count). The minimum Gasteiger partial charge on any atom is -0.428 e. The summed E-state index contributed by atoms with van der Waals surface area (Å²) in [5, 5.41) is 0. The summed E-state index contributed by atoms with van der Waals surface area (Å²) in [7, 11) is 0. The molecule has 0 atom stereocenters. The van der Waals surface area contributed by atoms with Gasteiger partial charge in [0.15, 0.2) is 0 Å². The Morgan fingerprint density at radius 2 is 1.87 bits per heavy atom. The molecule has 0 aromatic heterocycles. The molecule has 1 aromatic carbocycles. The van der Waals surface area contributed by atoms with Crippen molar-refractivity contribution in [3.8, 4) is 0 Å². The van der Waals surface area contributed by atoms with Crippen LogP contribution >= 0.6 is 0 Å². The molecule has 0 unspecified atom stereocenters. The molecule has 0 amide bonds. The molecule has 0 N–H and O–H groups in total. The first-order valence-corrected chi connectivity index (χ1v) is 7.44. The van der Waals surface area contributed by atoms with Crippen LogP contribution < -0.4 is 0 Å². The zero-order valence-corrected chi connectivity index (χ0v) is 13.6. The molecule has 0 aliphatic carbocycles. The Bertz CT molecular complexity index is 626. The van der Waals surface area contributed by atoms with Crippen LogP contribution in [0.3, 0.4) is 0 Å². The average molecular weight is 315 g/mol. The third kappa shape index (κ3) is 5.62. The SMILES string of the molecule is CC(C)(C)OC(=O)OC(=O)C1=CC=CN(Cc2ccccc2)C1. The van der Waals surface area contributed by atoms with E-state index in [1.807, 2.05) is 41.4 Å². The van der Waals surface area contributed by atoms with Gasteiger partial charge in [-0.2, -0.15) is 0 Å². The lowest BCUT2D eigenvalue weighted by molar-refractivity contribution is -0.137. The molecule has 0 fully saturated rings. The monoisotopic (exact) mass is 315 g/mol. The molecule has 0 saturated heterocycles. The quantitative estimate of drug-likeness (QED) is 0.632. The van der Waals surface area contributed by atoms with Gasteiger partial charge in [0, 0.05) is 13.1 Å². The number of nitrogens with zero attached hydrogens (tertiary/aromatic N) is 1. The predicted molar refractivity (Wildman–Crippen MR) is 86.4 cm³/mol. The van der Waals surface area contributed by atoms with Crippen molar-refractivity contribution in [2.75, 3.05) is 6.54 Å². The van der Waals surface area contributed by atoms with Gasteiger partial charge in [0.25, 0.3) is 0 Å². The highest BCUT2D eigenvalue weighted by Gasteiger charge is 2.23. The second-order valence-electron chi connectivity index (χ2n) is 6.28. The molecule has 0 saturated carbocycles. The highest BCUT2D eigenvalue weighted by Crippen LogP contribution is 2.14. The fourth-order valence-corrected chi connectivity index (χ4v) is 2.08. The Morgan fingerprint density at radius 1 is 1.17 bits per heavy atom. The number of esters is 1. The van der Waals surface area contributed by atoms with E-state index in [1.54, 1.807) is 32.9 Å². The zero-order chi connectivity index (χ0) is 16.9. The summed E-state index contributed by atoms with van der Waals surface area (Å²) < 4.78 is 9.72. The van der Waals surface area contributed by atoms with Crippen LogP contribution in [-0.2, 0) is 20.8 Å². The van der Waals surface area contributed by atoms with Gasteiger partial charge in [0.2, 0.25) is 0 Å². The van der Waals surface area contributed by atoms with Crippen LogP contribution in [0.15, 0.2) is 54.3 Å². The Morgan fingerprint density at radius 3 is 2.52 bits per heavy atom. The van der Waals surface area contributed by atoms with E-state index in [9.17, 15) is 9.59 Å². The van der Waals surface area contributed by atoms with Gasteiger partial charge in [0.1, 0.15) is 5.60 Å². The fraction of sp³-hybridized carbons (Fsp3) is 0.333. The van der Waals surface area contributed by atoms with Gasteiger partial charge in [-0.15, -0.1) is 0 Å². The highest BCUT2D eigenvalue weighted by atomic mass is 16.7. The summed E-state index contributed by atoms with van der Waals surface area (Å²) in [5.41, 5.74) is 0.852. The number of rotatable bonds is 3. The smallest absolute Gasteiger partial charge is 0.428 e. The van der Waals surface area contributed by atoms with Crippen molar-refractivity contribution in [3.05, 3.63) is 59.8 Å². The Labute approximate surface area is 136 Å². The van der Waals surface area contributed by atoms with Crippen molar-refractivity contribution in [3.63, 3.8) is 0 Å². The maximum absolute atomic E-state index is 12.0. The van der Waals surface area contributed by atoms with E-state index in [0.29, 0.717) is 18.7 Å². The van der Waals surface area contributed by atoms with E-state index in [2.05, 4.69) is 0 Å². The Hall–Kier alpha value is -2.56. The molecule has 1 aromatic rings. The first-order valence-electron chi connectivity index (χ1n) is 7.44. The summed E-state index contributed by atoms with van der Waals surface area (Å²) in [6, 6.07) is 9.93. The number of benzene rings is 1. The predicted octanol–water partition coefficient (Wildman–Crippen LogP) is 3.42. The highest BCUT2D eigenvalue weighted by molar-refractivity contribution is 5.95. The van der Waals surface area contributed by atoms with Crippen molar-refractivity contribution in [2.45, 2.75) is 32.9 Å². The van der Waals surface area contributed by atoms with E-state index < -0.39 is 17.7 Å². The van der Waals surface area contributed by atoms with Crippen LogP contribution in [0.1, 0.15) is 26.3 Å². The van der Waals surface area contributed by atoms with Gasteiger partial charge in [0.05, 0.1) is 5.57 Å². The number of hydrogen-bond acceptors (Lipinski definition) is 5. The van der Waals surface area contributed by atoms with E-state index in [0.717, 1.165) is 5.56 Å². The molecule has 5 heteroatoms. The molecule has 0 bridgehead atoms. The van der Waals surface area contributed by atoms with Crippen molar-refractivity contribution in [1.29, 1.82) is 0 Å². The van der Waals surface area contributed by atoms with Crippen LogP contribution in [0.25, 0.3) is 0 Å². The Kier molecular flexibility index (Phi) is 5.21. The van der Waals surface area contributed by atoms with E-state index >= 15 is 0 Å². The Balaban J connectivity index is 1.91. The first kappa shape index (κ1) is 16.8. The van der Waals surface area contributed by atoms with E-state index in [-0.39, 0.29) is 0 Å². The summed E-state index contributed by atoms with van der Waals surface area (Å²) in [5.74, 6) is -0.679. The second-order valence-corrected chi connectivity index (χ2v) is 6.28. The lowest BCUT2D eigenvalue weighted by atomic mass is 10.1. The van der Waals surface area contributed by atoms with Crippen LogP contribution in [0.4, 0.5) is 4.79 Å².